The molecule has 58 heavy (non-hydrogen) atoms. The molecule has 6 rings (SSSR count). The zero-order valence-corrected chi connectivity index (χ0v) is 35.3. The number of benzene rings is 2. The summed E-state index contributed by atoms with van der Waals surface area (Å²) in [5.74, 6) is -1.90. The molecule has 0 spiro atoms. The Kier molecular flexibility index (Phi) is 16.1. The van der Waals surface area contributed by atoms with Crippen LogP contribution >= 0.6 is 0 Å². The van der Waals surface area contributed by atoms with Gasteiger partial charge in [-0.3, -0.25) is 19.0 Å². The molecule has 0 unspecified atom stereocenters. The number of aromatic nitrogens is 4. The van der Waals surface area contributed by atoms with E-state index in [0.29, 0.717) is 11.6 Å². The summed E-state index contributed by atoms with van der Waals surface area (Å²) in [6.07, 6.45) is 9.41. The van der Waals surface area contributed by atoms with Gasteiger partial charge in [0.1, 0.15) is 21.4 Å². The maximum Gasteiger partial charge on any atom is 0.307 e. The van der Waals surface area contributed by atoms with Gasteiger partial charge in [-0.1, -0.05) is 62.8 Å². The molecule has 2 aromatic carbocycles. The van der Waals surface area contributed by atoms with Crippen LogP contribution in [0.2, 0.25) is 0 Å². The summed E-state index contributed by atoms with van der Waals surface area (Å²) in [7, 11) is -7.57. The average molecular weight is 849 g/mol. The Morgan fingerprint density at radius 1 is 0.707 bits per heavy atom. The van der Waals surface area contributed by atoms with Crippen molar-refractivity contribution in [3.8, 4) is 0 Å². The maximum atomic E-state index is 14.0. The van der Waals surface area contributed by atoms with E-state index in [1.165, 1.54) is 49.1 Å². The highest BCUT2D eigenvalue weighted by atomic mass is 32.2. The fraction of sp³-hybridized carbons (Fsp3) is 0.512. The predicted molar refractivity (Wildman–Crippen MR) is 219 cm³/mol. The second-order valence-electron chi connectivity index (χ2n) is 15.8. The third kappa shape index (κ3) is 13.0. The van der Waals surface area contributed by atoms with Gasteiger partial charge in [0, 0.05) is 12.4 Å². The topological polar surface area (TPSA) is 196 Å². The quantitative estimate of drug-likeness (QED) is 0.120. The van der Waals surface area contributed by atoms with Crippen molar-refractivity contribution in [2.45, 2.75) is 147 Å². The maximum absolute atomic E-state index is 14.0. The minimum atomic E-state index is -4.00. The van der Waals surface area contributed by atoms with Gasteiger partial charge in [0.2, 0.25) is 15.9 Å². The number of halogens is 2. The number of nitrogens with one attached hydrogen (secondary N) is 1. The number of hydrogen-bond donors (Lipinski definition) is 3. The number of primary sulfonamides is 1. The normalized spacial score (nSPS) is 14.1. The summed E-state index contributed by atoms with van der Waals surface area (Å²) < 4.78 is 79.6. The lowest BCUT2D eigenvalue weighted by atomic mass is 9.87. The van der Waals surface area contributed by atoms with Crippen LogP contribution in [-0.2, 0) is 42.5 Å². The Labute approximate surface area is 341 Å². The number of nitrogens with two attached hydrogens (primary N) is 1. The number of amides is 1. The molecule has 0 atom stereocenters. The van der Waals surface area contributed by atoms with E-state index in [9.17, 15) is 35.2 Å². The Hall–Kier alpha value is -4.48. The van der Waals surface area contributed by atoms with Crippen molar-refractivity contribution in [3.05, 3.63) is 94.1 Å². The Bertz CT molecular complexity index is 2240. The summed E-state index contributed by atoms with van der Waals surface area (Å²) in [5.41, 5.74) is 4.50. The number of nitrogens with zero attached hydrogens (tertiary/aromatic N) is 4. The van der Waals surface area contributed by atoms with Gasteiger partial charge >= 0.3 is 5.97 Å². The van der Waals surface area contributed by atoms with Crippen LogP contribution in [0.5, 0.6) is 0 Å². The third-order valence-electron chi connectivity index (χ3n) is 9.61. The number of carboxylic acid groups (broad SMARTS) is 1. The standard InChI is InChI=1S/C20H26FN3O3S.C14H19FO2.C6H9N3O2S.CH4/c1-12(2)17-7-14(21)8-18(13(3)4)19(17)9-20(25)23-28(26,27)16-10-22-24(11-16)15-5-6-15;1-8(2)11-5-10(15)6-12(9(3)4)13(11)7-14(16)17;7-12(10,11)6-3-8-9(4-6)5-1-2-5;/h7-8,10-13,15H,5-6,9H2,1-4H3,(H,23,25);5-6,8-9H,7H2,1-4H3,(H,16,17);3-5H,1-2H2,(H2,7,10,11);1H4. The van der Waals surface area contributed by atoms with Gasteiger partial charge in [-0.15, -0.1) is 0 Å². The van der Waals surface area contributed by atoms with E-state index < -0.39 is 31.9 Å². The molecule has 0 aliphatic heterocycles. The number of rotatable bonds is 13. The second kappa shape index (κ2) is 19.5. The van der Waals surface area contributed by atoms with Gasteiger partial charge in [-0.05, 0) is 107 Å². The smallest absolute Gasteiger partial charge is 0.307 e. The highest BCUT2D eigenvalue weighted by Crippen LogP contribution is 2.35. The molecular weight excluding hydrogens is 791 g/mol. The van der Waals surface area contributed by atoms with E-state index >= 15 is 0 Å². The molecule has 1 amide bonds. The summed E-state index contributed by atoms with van der Waals surface area (Å²) in [5, 5.41) is 21.8. The Balaban J connectivity index is 0.000000255. The van der Waals surface area contributed by atoms with E-state index in [-0.39, 0.29) is 71.4 Å². The van der Waals surface area contributed by atoms with Crippen LogP contribution in [0.15, 0.2) is 58.8 Å². The molecule has 2 saturated carbocycles. The fourth-order valence-electron chi connectivity index (χ4n) is 6.39. The largest absolute Gasteiger partial charge is 0.481 e. The predicted octanol–water partition coefficient (Wildman–Crippen LogP) is 7.85. The van der Waals surface area contributed by atoms with E-state index in [0.717, 1.165) is 53.5 Å². The summed E-state index contributed by atoms with van der Waals surface area (Å²) >= 11 is 0. The Morgan fingerprint density at radius 2 is 1.05 bits per heavy atom. The van der Waals surface area contributed by atoms with Crippen LogP contribution in [-0.4, -0.2) is 53.4 Å². The van der Waals surface area contributed by atoms with Gasteiger partial charge in [-0.2, -0.15) is 10.2 Å². The molecule has 2 heterocycles. The van der Waals surface area contributed by atoms with Gasteiger partial charge in [-0.25, -0.2) is 35.5 Å². The first-order valence-electron chi connectivity index (χ1n) is 19.0. The zero-order valence-electron chi connectivity index (χ0n) is 33.7. The summed E-state index contributed by atoms with van der Waals surface area (Å²) in [6, 6.07) is 6.39. The first-order chi connectivity index (χ1) is 26.5. The number of aliphatic carboxylic acids is 1. The van der Waals surface area contributed by atoms with E-state index in [4.69, 9.17) is 10.2 Å². The first kappa shape index (κ1) is 47.9. The monoisotopic (exact) mass is 848 g/mol. The minimum absolute atomic E-state index is 0. The van der Waals surface area contributed by atoms with Gasteiger partial charge in [0.05, 0.1) is 37.3 Å². The van der Waals surface area contributed by atoms with Crippen molar-refractivity contribution in [1.82, 2.24) is 24.3 Å². The van der Waals surface area contributed by atoms with Crippen molar-refractivity contribution in [2.24, 2.45) is 5.14 Å². The minimum Gasteiger partial charge on any atom is -0.481 e. The molecule has 0 saturated heterocycles. The molecule has 2 fully saturated rings. The lowest BCUT2D eigenvalue weighted by Crippen LogP contribution is -2.32. The zero-order chi connectivity index (χ0) is 42.6. The number of hydrogen-bond acceptors (Lipinski definition) is 8. The van der Waals surface area contributed by atoms with Crippen molar-refractivity contribution < 1.29 is 40.3 Å². The molecule has 2 aromatic heterocycles. The Morgan fingerprint density at radius 3 is 1.36 bits per heavy atom. The molecule has 2 aliphatic carbocycles. The lowest BCUT2D eigenvalue weighted by molar-refractivity contribution is -0.136. The number of carboxylic acids is 1. The molecule has 0 radical (unpaired) electrons. The molecule has 2 aliphatic rings. The van der Waals surface area contributed by atoms with E-state index in [1.54, 1.807) is 9.36 Å². The molecule has 13 nitrogen and oxygen atoms in total. The van der Waals surface area contributed by atoms with E-state index in [2.05, 4.69) is 14.9 Å². The lowest BCUT2D eigenvalue weighted by Gasteiger charge is -2.19. The SMILES string of the molecule is C.CC(C)c1cc(F)cc(C(C)C)c1CC(=O)NS(=O)(=O)c1cnn(C2CC2)c1.CC(C)c1cc(F)cc(C(C)C)c1CC(=O)O.NS(=O)(=O)c1cnn(C2CC2)c1. The van der Waals surface area contributed by atoms with Crippen molar-refractivity contribution >= 4 is 31.9 Å². The van der Waals surface area contributed by atoms with Crippen LogP contribution in [0.1, 0.15) is 158 Å². The summed E-state index contributed by atoms with van der Waals surface area (Å²) in [6.45, 7) is 15.5. The third-order valence-corrected chi connectivity index (χ3v) is 11.8. The van der Waals surface area contributed by atoms with Gasteiger partial charge in [0.25, 0.3) is 10.0 Å². The molecular formula is C41H58F2N6O7S2. The van der Waals surface area contributed by atoms with Crippen LogP contribution in [0.3, 0.4) is 0 Å². The van der Waals surface area contributed by atoms with Crippen LogP contribution in [0.25, 0.3) is 0 Å². The molecule has 320 valence electrons. The van der Waals surface area contributed by atoms with E-state index in [1.807, 2.05) is 55.4 Å². The second-order valence-corrected chi connectivity index (χ2v) is 19.1. The summed E-state index contributed by atoms with van der Waals surface area (Å²) in [4.78, 5) is 23.6. The molecule has 4 aromatic rings. The van der Waals surface area contributed by atoms with Crippen LogP contribution in [0.4, 0.5) is 8.78 Å². The fourth-order valence-corrected chi connectivity index (χ4v) is 7.76. The molecule has 17 heteroatoms. The molecule has 4 N–H and O–H groups in total. The average Bonchev–Trinajstić information content (AvgIpc) is 4.02. The number of carbonyl (C=O) groups excluding carboxylic acids is 1. The van der Waals surface area contributed by atoms with Crippen LogP contribution < -0.4 is 9.86 Å². The van der Waals surface area contributed by atoms with Gasteiger partial charge < -0.3 is 5.11 Å². The van der Waals surface area contributed by atoms with Crippen molar-refractivity contribution in [2.75, 3.05) is 0 Å². The number of sulfonamides is 2. The van der Waals surface area contributed by atoms with Crippen LogP contribution in [0, 0.1) is 11.6 Å². The van der Waals surface area contributed by atoms with Crippen molar-refractivity contribution in [1.29, 1.82) is 0 Å². The highest BCUT2D eigenvalue weighted by Gasteiger charge is 2.28. The highest BCUT2D eigenvalue weighted by molar-refractivity contribution is 7.90. The van der Waals surface area contributed by atoms with Gasteiger partial charge in [0.15, 0.2) is 0 Å². The van der Waals surface area contributed by atoms with Crippen molar-refractivity contribution in [3.63, 3.8) is 0 Å². The molecule has 0 bridgehead atoms. The first-order valence-corrected chi connectivity index (χ1v) is 22.0. The number of carbonyl (C=O) groups is 2.